The molecule has 1 atom stereocenters. The summed E-state index contributed by atoms with van der Waals surface area (Å²) in [6, 6.07) is 15.1. The summed E-state index contributed by atoms with van der Waals surface area (Å²) < 4.78 is 6.67. The quantitative estimate of drug-likeness (QED) is 0.715. The molecule has 0 aliphatic heterocycles. The van der Waals surface area contributed by atoms with Gasteiger partial charge < -0.3 is 9.73 Å². The minimum atomic E-state index is -0.475. The van der Waals surface area contributed by atoms with Crippen LogP contribution in [-0.4, -0.2) is 10.5 Å². The van der Waals surface area contributed by atoms with Gasteiger partial charge in [-0.15, -0.1) is 0 Å². The van der Waals surface area contributed by atoms with Crippen LogP contribution in [0.3, 0.4) is 0 Å². The van der Waals surface area contributed by atoms with Gasteiger partial charge in [-0.3, -0.25) is 9.36 Å². The molecule has 1 saturated carbocycles. The van der Waals surface area contributed by atoms with Crippen molar-refractivity contribution in [3.63, 3.8) is 0 Å². The number of nitrogens with zero attached hydrogens (tertiary/aromatic N) is 1. The smallest absolute Gasteiger partial charge is 0.408 e. The lowest BCUT2D eigenvalue weighted by Crippen LogP contribution is -2.31. The Labute approximate surface area is 155 Å². The molecular formula is C20H19ClN2O3. The Hall–Kier alpha value is -2.53. The number of benzene rings is 2. The maximum absolute atomic E-state index is 12.5. The van der Waals surface area contributed by atoms with Gasteiger partial charge in [0.15, 0.2) is 5.58 Å². The number of oxazole rings is 1. The lowest BCUT2D eigenvalue weighted by Gasteiger charge is -2.19. The summed E-state index contributed by atoms with van der Waals surface area (Å²) in [6.07, 6.45) is 2.48. The van der Waals surface area contributed by atoms with Gasteiger partial charge in [0.05, 0.1) is 11.6 Å². The van der Waals surface area contributed by atoms with Crippen LogP contribution >= 0.6 is 11.6 Å². The molecule has 1 aliphatic rings. The van der Waals surface area contributed by atoms with Crippen LogP contribution in [-0.2, 0) is 11.3 Å². The lowest BCUT2D eigenvalue weighted by atomic mass is 10.0. The monoisotopic (exact) mass is 370 g/mol. The van der Waals surface area contributed by atoms with Gasteiger partial charge in [-0.1, -0.05) is 41.9 Å². The molecule has 0 radical (unpaired) electrons. The summed E-state index contributed by atoms with van der Waals surface area (Å²) in [5.74, 6) is -0.0428. The topological polar surface area (TPSA) is 64.2 Å². The highest BCUT2D eigenvalue weighted by Gasteiger charge is 2.33. The van der Waals surface area contributed by atoms with Crippen molar-refractivity contribution in [3.05, 3.63) is 69.7 Å². The minimum absolute atomic E-state index is 0.0420. The van der Waals surface area contributed by atoms with Crippen molar-refractivity contribution < 1.29 is 9.21 Å². The fraction of sp³-hybridized carbons (Fsp3) is 0.300. The second-order valence-corrected chi connectivity index (χ2v) is 7.11. The molecule has 1 heterocycles. The third-order valence-electron chi connectivity index (χ3n) is 4.76. The van der Waals surface area contributed by atoms with Crippen molar-refractivity contribution in [3.8, 4) is 0 Å². The molecule has 1 N–H and O–H groups in total. The number of nitrogens with one attached hydrogen (secondary N) is 1. The molecule has 134 valence electrons. The van der Waals surface area contributed by atoms with Crippen LogP contribution < -0.4 is 11.1 Å². The first-order valence-corrected chi connectivity index (χ1v) is 9.13. The number of rotatable bonds is 6. The summed E-state index contributed by atoms with van der Waals surface area (Å²) >= 11 is 5.92. The molecule has 1 amide bonds. The number of carbonyl (C=O) groups excluding carboxylic acids is 1. The molecule has 0 bridgehead atoms. The molecule has 0 saturated heterocycles. The van der Waals surface area contributed by atoms with Gasteiger partial charge in [0.25, 0.3) is 0 Å². The van der Waals surface area contributed by atoms with E-state index in [4.69, 9.17) is 16.0 Å². The van der Waals surface area contributed by atoms with Crippen LogP contribution in [0.5, 0.6) is 0 Å². The number of aromatic nitrogens is 1. The fourth-order valence-corrected chi connectivity index (χ4v) is 3.44. The molecular weight excluding hydrogens is 352 g/mol. The number of hydrogen-bond donors (Lipinski definition) is 1. The van der Waals surface area contributed by atoms with Gasteiger partial charge in [-0.05, 0) is 36.5 Å². The highest BCUT2D eigenvalue weighted by molar-refractivity contribution is 6.31. The Bertz CT molecular complexity index is 989. The summed E-state index contributed by atoms with van der Waals surface area (Å²) in [6.45, 7) is 0.269. The predicted octanol–water partition coefficient (Wildman–Crippen LogP) is 3.91. The van der Waals surface area contributed by atoms with E-state index in [1.54, 1.807) is 18.2 Å². The number of aryl methyl sites for hydroxylation is 1. The molecule has 26 heavy (non-hydrogen) atoms. The number of halogens is 1. The second-order valence-electron chi connectivity index (χ2n) is 6.67. The van der Waals surface area contributed by atoms with Crippen molar-refractivity contribution in [1.29, 1.82) is 0 Å². The van der Waals surface area contributed by atoms with Crippen LogP contribution in [0.1, 0.15) is 30.9 Å². The maximum Gasteiger partial charge on any atom is 0.419 e. The zero-order valence-electron chi connectivity index (χ0n) is 14.2. The Kier molecular flexibility index (Phi) is 4.55. The summed E-state index contributed by atoms with van der Waals surface area (Å²) in [5.41, 5.74) is 2.21. The molecule has 0 spiro atoms. The number of hydrogen-bond acceptors (Lipinski definition) is 3. The predicted molar refractivity (Wildman–Crippen MR) is 100 cm³/mol. The van der Waals surface area contributed by atoms with E-state index in [0.717, 1.165) is 18.4 Å². The third kappa shape index (κ3) is 3.53. The van der Waals surface area contributed by atoms with Gasteiger partial charge in [0.1, 0.15) is 0 Å². The largest absolute Gasteiger partial charge is 0.419 e. The number of carbonyl (C=O) groups is 1. The average molecular weight is 371 g/mol. The highest BCUT2D eigenvalue weighted by Crippen LogP contribution is 2.40. The van der Waals surface area contributed by atoms with Crippen LogP contribution in [0.25, 0.3) is 11.1 Å². The van der Waals surface area contributed by atoms with Gasteiger partial charge in [0, 0.05) is 24.1 Å². The highest BCUT2D eigenvalue weighted by atomic mass is 35.5. The first-order valence-electron chi connectivity index (χ1n) is 8.75. The Morgan fingerprint density at radius 1 is 1.23 bits per heavy atom. The summed E-state index contributed by atoms with van der Waals surface area (Å²) in [4.78, 5) is 24.5. The van der Waals surface area contributed by atoms with E-state index in [-0.39, 0.29) is 24.9 Å². The molecule has 5 nitrogen and oxygen atoms in total. The third-order valence-corrected chi connectivity index (χ3v) is 5.00. The Morgan fingerprint density at radius 2 is 2.00 bits per heavy atom. The van der Waals surface area contributed by atoms with Crippen molar-refractivity contribution in [1.82, 2.24) is 9.88 Å². The van der Waals surface area contributed by atoms with Crippen LogP contribution in [0.15, 0.2) is 57.7 Å². The van der Waals surface area contributed by atoms with Gasteiger partial charge in [-0.25, -0.2) is 4.79 Å². The average Bonchev–Trinajstić information content (AvgIpc) is 3.42. The van der Waals surface area contributed by atoms with E-state index >= 15 is 0 Å². The first kappa shape index (κ1) is 16.9. The molecule has 1 aliphatic carbocycles. The van der Waals surface area contributed by atoms with Crippen LogP contribution in [0.2, 0.25) is 5.02 Å². The van der Waals surface area contributed by atoms with Crippen LogP contribution in [0, 0.1) is 5.92 Å². The minimum Gasteiger partial charge on any atom is -0.408 e. The Morgan fingerprint density at radius 3 is 2.73 bits per heavy atom. The van der Waals surface area contributed by atoms with Gasteiger partial charge in [0.2, 0.25) is 5.91 Å². The normalized spacial score (nSPS) is 15.1. The fourth-order valence-electron chi connectivity index (χ4n) is 3.27. The molecule has 6 heteroatoms. The number of fused-ring (bicyclic) bond motifs is 1. The zero-order valence-corrected chi connectivity index (χ0v) is 14.9. The molecule has 1 fully saturated rings. The molecule has 3 aromatic rings. The van der Waals surface area contributed by atoms with Crippen molar-refractivity contribution >= 4 is 28.6 Å². The Balaban J connectivity index is 1.46. The van der Waals surface area contributed by atoms with E-state index in [1.165, 1.54) is 4.57 Å². The van der Waals surface area contributed by atoms with Crippen molar-refractivity contribution in [2.75, 3.05) is 0 Å². The van der Waals surface area contributed by atoms with E-state index in [0.29, 0.717) is 22.0 Å². The molecule has 1 aromatic heterocycles. The molecule has 1 unspecified atom stereocenters. The number of amides is 1. The summed E-state index contributed by atoms with van der Waals surface area (Å²) in [7, 11) is 0. The van der Waals surface area contributed by atoms with Gasteiger partial charge >= 0.3 is 5.76 Å². The van der Waals surface area contributed by atoms with Crippen molar-refractivity contribution in [2.24, 2.45) is 5.92 Å². The zero-order chi connectivity index (χ0) is 18.1. The first-order chi connectivity index (χ1) is 12.6. The van der Waals surface area contributed by atoms with Crippen molar-refractivity contribution in [2.45, 2.75) is 31.8 Å². The van der Waals surface area contributed by atoms with Gasteiger partial charge in [-0.2, -0.15) is 0 Å². The lowest BCUT2D eigenvalue weighted by molar-refractivity contribution is -0.122. The van der Waals surface area contributed by atoms with E-state index in [1.807, 2.05) is 30.3 Å². The van der Waals surface area contributed by atoms with Crippen LogP contribution in [0.4, 0.5) is 0 Å². The molecule has 4 rings (SSSR count). The maximum atomic E-state index is 12.5. The van der Waals surface area contributed by atoms with E-state index in [2.05, 4.69) is 5.32 Å². The van der Waals surface area contributed by atoms with E-state index < -0.39 is 5.76 Å². The molecule has 2 aromatic carbocycles. The standard InChI is InChI=1S/C20H19ClN2O3/c21-15-8-9-16-17(12-15)26-20(25)23(16)11-10-18(24)22-19(14-6-7-14)13-4-2-1-3-5-13/h1-5,8-9,12,14,19H,6-7,10-11H2,(H,22,24). The SMILES string of the molecule is O=C(CCn1c(=O)oc2cc(Cl)ccc21)NC(c1ccccc1)C1CC1. The second kappa shape index (κ2) is 7.00. The summed E-state index contributed by atoms with van der Waals surface area (Å²) in [5, 5.41) is 3.63. The van der Waals surface area contributed by atoms with E-state index in [9.17, 15) is 9.59 Å².